The molecular weight excluding hydrogens is 362 g/mol. The van der Waals surface area contributed by atoms with Gasteiger partial charge in [0.1, 0.15) is 0 Å². The van der Waals surface area contributed by atoms with Gasteiger partial charge in [-0.3, -0.25) is 9.59 Å². The van der Waals surface area contributed by atoms with Crippen molar-refractivity contribution in [3.8, 4) is 0 Å². The third-order valence-electron chi connectivity index (χ3n) is 7.02. The van der Waals surface area contributed by atoms with Crippen LogP contribution in [0.1, 0.15) is 65.2 Å². The Bertz CT molecular complexity index is 508. The van der Waals surface area contributed by atoms with Gasteiger partial charge in [-0.25, -0.2) is 0 Å². The summed E-state index contributed by atoms with van der Waals surface area (Å²) in [7, 11) is 0. The van der Waals surface area contributed by atoms with Gasteiger partial charge in [-0.1, -0.05) is 26.7 Å². The minimum atomic E-state index is -0.508. The van der Waals surface area contributed by atoms with E-state index in [1.165, 1.54) is 12.8 Å². The normalized spacial score (nSPS) is 31.5. The van der Waals surface area contributed by atoms with Gasteiger partial charge in [0.05, 0.1) is 5.41 Å². The maximum Gasteiger partial charge on any atom is 0.230 e. The highest BCUT2D eigenvalue weighted by atomic mass is 35.5. The van der Waals surface area contributed by atoms with E-state index in [2.05, 4.69) is 24.1 Å². The van der Waals surface area contributed by atoms with Gasteiger partial charge >= 0.3 is 0 Å². The Hall–Kier alpha value is -0.810. The second-order valence-corrected chi connectivity index (χ2v) is 8.81. The lowest BCUT2D eigenvalue weighted by atomic mass is 9.80. The van der Waals surface area contributed by atoms with Crippen molar-refractivity contribution in [1.82, 2.24) is 15.1 Å². The van der Waals surface area contributed by atoms with Crippen molar-refractivity contribution in [3.63, 3.8) is 0 Å². The van der Waals surface area contributed by atoms with Gasteiger partial charge in [0, 0.05) is 39.1 Å². The molecule has 0 saturated carbocycles. The Balaban J connectivity index is 0.00000261. The van der Waals surface area contributed by atoms with E-state index in [4.69, 9.17) is 0 Å². The van der Waals surface area contributed by atoms with Crippen LogP contribution in [0.3, 0.4) is 0 Å². The SMILES string of the molecule is CCC1CCCN(C(=O)CC2(C(=O)N3CCCC(CC)C3)CCNC2)C1.Cl. The number of likely N-dealkylation sites (tertiary alicyclic amines) is 2. The summed E-state index contributed by atoms with van der Waals surface area (Å²) in [5.41, 5.74) is -0.508. The summed E-state index contributed by atoms with van der Waals surface area (Å²) in [5.74, 6) is 1.69. The number of halogens is 1. The summed E-state index contributed by atoms with van der Waals surface area (Å²) >= 11 is 0. The molecule has 156 valence electrons. The standard InChI is InChI=1S/C21H37N3O2.ClH/c1-3-17-7-5-11-23(14-17)19(25)13-21(9-10-22-16-21)20(26)24-12-6-8-18(4-2)15-24;/h17-18,22H,3-16H2,1-2H3;1H. The molecule has 3 aliphatic rings. The van der Waals surface area contributed by atoms with Crippen LogP contribution in [0.5, 0.6) is 0 Å². The molecule has 0 aliphatic carbocycles. The zero-order valence-corrected chi connectivity index (χ0v) is 18.0. The second kappa shape index (κ2) is 10.1. The molecule has 0 radical (unpaired) electrons. The predicted molar refractivity (Wildman–Crippen MR) is 111 cm³/mol. The van der Waals surface area contributed by atoms with Crippen LogP contribution >= 0.6 is 12.4 Å². The maximum absolute atomic E-state index is 13.4. The fourth-order valence-electron chi connectivity index (χ4n) is 5.10. The van der Waals surface area contributed by atoms with E-state index < -0.39 is 5.41 Å². The van der Waals surface area contributed by atoms with Gasteiger partial charge in [-0.05, 0) is 50.5 Å². The minimum absolute atomic E-state index is 0. The zero-order chi connectivity index (χ0) is 18.6. The van der Waals surface area contributed by atoms with Crippen molar-refractivity contribution in [1.29, 1.82) is 0 Å². The van der Waals surface area contributed by atoms with E-state index >= 15 is 0 Å². The molecule has 5 nitrogen and oxygen atoms in total. The first-order valence-corrected chi connectivity index (χ1v) is 10.9. The molecule has 6 heteroatoms. The summed E-state index contributed by atoms with van der Waals surface area (Å²) < 4.78 is 0. The number of rotatable bonds is 5. The van der Waals surface area contributed by atoms with E-state index in [-0.39, 0.29) is 24.2 Å². The average Bonchev–Trinajstić information content (AvgIpc) is 3.17. The molecule has 0 aromatic carbocycles. The highest BCUT2D eigenvalue weighted by Crippen LogP contribution is 2.35. The van der Waals surface area contributed by atoms with Crippen LogP contribution in [0.15, 0.2) is 0 Å². The quantitative estimate of drug-likeness (QED) is 0.772. The molecule has 3 heterocycles. The Kier molecular flexibility index (Phi) is 8.41. The Morgan fingerprint density at radius 1 is 1.00 bits per heavy atom. The number of hydrogen-bond acceptors (Lipinski definition) is 3. The van der Waals surface area contributed by atoms with Crippen molar-refractivity contribution in [3.05, 3.63) is 0 Å². The highest BCUT2D eigenvalue weighted by molar-refractivity contribution is 5.89. The molecule has 0 aromatic rings. The van der Waals surface area contributed by atoms with E-state index in [1.54, 1.807) is 0 Å². The lowest BCUT2D eigenvalue weighted by Crippen LogP contribution is -2.51. The lowest BCUT2D eigenvalue weighted by molar-refractivity contribution is -0.149. The summed E-state index contributed by atoms with van der Waals surface area (Å²) in [5, 5.41) is 3.37. The molecule has 3 unspecified atom stereocenters. The summed E-state index contributed by atoms with van der Waals surface area (Å²) in [6.07, 6.45) is 8.15. The van der Waals surface area contributed by atoms with Crippen LogP contribution in [-0.4, -0.2) is 60.9 Å². The number of nitrogens with one attached hydrogen (secondary N) is 1. The third kappa shape index (κ3) is 5.17. The number of carbonyl (C=O) groups excluding carboxylic acids is 2. The average molecular weight is 400 g/mol. The van der Waals surface area contributed by atoms with Crippen LogP contribution in [0.25, 0.3) is 0 Å². The number of amides is 2. The number of carbonyl (C=O) groups is 2. The predicted octanol–water partition coefficient (Wildman–Crippen LogP) is 3.08. The van der Waals surface area contributed by atoms with E-state index in [1.807, 2.05) is 4.90 Å². The van der Waals surface area contributed by atoms with Crippen molar-refractivity contribution < 1.29 is 9.59 Å². The first-order chi connectivity index (χ1) is 12.6. The van der Waals surface area contributed by atoms with E-state index in [9.17, 15) is 9.59 Å². The van der Waals surface area contributed by atoms with Crippen LogP contribution in [-0.2, 0) is 9.59 Å². The molecule has 3 rings (SSSR count). The Morgan fingerprint density at radius 2 is 1.59 bits per heavy atom. The molecule has 3 atom stereocenters. The molecule has 3 saturated heterocycles. The molecule has 27 heavy (non-hydrogen) atoms. The molecular formula is C21H38ClN3O2. The van der Waals surface area contributed by atoms with Crippen LogP contribution < -0.4 is 5.32 Å². The van der Waals surface area contributed by atoms with Gasteiger partial charge in [-0.2, -0.15) is 0 Å². The largest absolute Gasteiger partial charge is 0.342 e. The maximum atomic E-state index is 13.4. The Morgan fingerprint density at radius 3 is 2.15 bits per heavy atom. The number of piperidine rings is 2. The molecule has 0 spiro atoms. The smallest absolute Gasteiger partial charge is 0.230 e. The third-order valence-corrected chi connectivity index (χ3v) is 7.02. The summed E-state index contributed by atoms with van der Waals surface area (Å²) in [6.45, 7) is 9.45. The first kappa shape index (κ1) is 22.5. The van der Waals surface area contributed by atoms with Crippen LogP contribution in [0.4, 0.5) is 0 Å². The van der Waals surface area contributed by atoms with Crippen LogP contribution in [0, 0.1) is 17.3 Å². The van der Waals surface area contributed by atoms with Gasteiger partial charge in [0.15, 0.2) is 0 Å². The second-order valence-electron chi connectivity index (χ2n) is 8.81. The van der Waals surface area contributed by atoms with Crippen molar-refractivity contribution in [2.45, 2.75) is 65.2 Å². The van der Waals surface area contributed by atoms with E-state index in [0.717, 1.165) is 64.8 Å². The van der Waals surface area contributed by atoms with Gasteiger partial charge < -0.3 is 15.1 Å². The summed E-state index contributed by atoms with van der Waals surface area (Å²) in [6, 6.07) is 0. The van der Waals surface area contributed by atoms with Gasteiger partial charge in [0.25, 0.3) is 0 Å². The van der Waals surface area contributed by atoms with E-state index in [0.29, 0.717) is 24.8 Å². The topological polar surface area (TPSA) is 52.7 Å². The summed E-state index contributed by atoms with van der Waals surface area (Å²) in [4.78, 5) is 30.6. The monoisotopic (exact) mass is 399 g/mol. The van der Waals surface area contributed by atoms with Crippen molar-refractivity contribution in [2.75, 3.05) is 39.3 Å². The molecule has 1 N–H and O–H groups in total. The number of nitrogens with zero attached hydrogens (tertiary/aromatic N) is 2. The zero-order valence-electron chi connectivity index (χ0n) is 17.2. The molecule has 3 aliphatic heterocycles. The van der Waals surface area contributed by atoms with Crippen molar-refractivity contribution in [2.24, 2.45) is 17.3 Å². The Labute approximate surface area is 171 Å². The first-order valence-electron chi connectivity index (χ1n) is 10.9. The number of hydrogen-bond donors (Lipinski definition) is 1. The van der Waals surface area contributed by atoms with Gasteiger partial charge in [-0.15, -0.1) is 12.4 Å². The highest BCUT2D eigenvalue weighted by Gasteiger charge is 2.46. The molecule has 2 amide bonds. The minimum Gasteiger partial charge on any atom is -0.342 e. The fraction of sp³-hybridized carbons (Fsp3) is 0.905. The van der Waals surface area contributed by atoms with Crippen molar-refractivity contribution >= 4 is 24.2 Å². The lowest BCUT2D eigenvalue weighted by Gasteiger charge is -2.40. The van der Waals surface area contributed by atoms with Gasteiger partial charge in [0.2, 0.25) is 11.8 Å². The van der Waals surface area contributed by atoms with Crippen LogP contribution in [0.2, 0.25) is 0 Å². The molecule has 3 fully saturated rings. The molecule has 0 aromatic heterocycles. The molecule has 0 bridgehead atoms. The fourth-order valence-corrected chi connectivity index (χ4v) is 5.10.